The molecule has 9 heteroatoms. The standard InChI is InChI=1S/C19H19NO7S/c1-24-15-9-12(18(22)27-14-5-6-26-19(14)23)13(10-16(15)25-2)20-17(21)8-11-4-3-7-28-11/h3-4,7,9-10,14H,5-6,8H2,1-2H3,(H,20,21)/t14-/m0/s1. The van der Waals surface area contributed by atoms with Crippen LogP contribution in [0.15, 0.2) is 29.6 Å². The fourth-order valence-electron chi connectivity index (χ4n) is 2.69. The molecule has 2 heterocycles. The van der Waals surface area contributed by atoms with E-state index in [1.165, 1.54) is 37.7 Å². The molecule has 1 aromatic heterocycles. The first kappa shape index (κ1) is 19.7. The maximum absolute atomic E-state index is 12.7. The summed E-state index contributed by atoms with van der Waals surface area (Å²) in [5.74, 6) is -1.03. The Morgan fingerprint density at radius 2 is 2.00 bits per heavy atom. The van der Waals surface area contributed by atoms with Crippen molar-refractivity contribution >= 4 is 34.9 Å². The van der Waals surface area contributed by atoms with E-state index >= 15 is 0 Å². The van der Waals surface area contributed by atoms with E-state index in [1.54, 1.807) is 0 Å². The second-order valence-corrected chi connectivity index (χ2v) is 6.94. The Morgan fingerprint density at radius 1 is 1.25 bits per heavy atom. The average Bonchev–Trinajstić information content (AvgIpc) is 3.33. The summed E-state index contributed by atoms with van der Waals surface area (Å²) >= 11 is 1.46. The van der Waals surface area contributed by atoms with Gasteiger partial charge in [-0.1, -0.05) is 6.07 Å². The molecule has 0 bridgehead atoms. The zero-order valence-corrected chi connectivity index (χ0v) is 16.2. The normalized spacial score (nSPS) is 15.6. The van der Waals surface area contributed by atoms with Gasteiger partial charge in [0.1, 0.15) is 0 Å². The average molecular weight is 405 g/mol. The van der Waals surface area contributed by atoms with Crippen molar-refractivity contribution in [1.29, 1.82) is 0 Å². The summed E-state index contributed by atoms with van der Waals surface area (Å²) in [6.45, 7) is 0.202. The van der Waals surface area contributed by atoms with Crippen molar-refractivity contribution in [1.82, 2.24) is 0 Å². The van der Waals surface area contributed by atoms with Gasteiger partial charge in [-0.05, 0) is 11.4 Å². The molecule has 0 saturated carbocycles. The van der Waals surface area contributed by atoms with Crippen molar-refractivity contribution in [3.05, 3.63) is 40.1 Å². The van der Waals surface area contributed by atoms with Crippen LogP contribution in [0.4, 0.5) is 5.69 Å². The third-order valence-electron chi connectivity index (χ3n) is 4.07. The number of esters is 2. The summed E-state index contributed by atoms with van der Waals surface area (Å²) in [7, 11) is 2.87. The zero-order chi connectivity index (χ0) is 20.1. The highest BCUT2D eigenvalue weighted by Crippen LogP contribution is 2.34. The lowest BCUT2D eigenvalue weighted by atomic mass is 10.1. The van der Waals surface area contributed by atoms with Gasteiger partial charge in [0.15, 0.2) is 11.5 Å². The van der Waals surface area contributed by atoms with Gasteiger partial charge in [0.25, 0.3) is 0 Å². The van der Waals surface area contributed by atoms with Crippen LogP contribution in [0.1, 0.15) is 21.7 Å². The molecule has 0 radical (unpaired) electrons. The summed E-state index contributed by atoms with van der Waals surface area (Å²) in [6, 6.07) is 6.59. The number of hydrogen-bond donors (Lipinski definition) is 1. The first-order valence-corrected chi connectivity index (χ1v) is 9.35. The lowest BCUT2D eigenvalue weighted by Crippen LogP contribution is -2.24. The fraction of sp³-hybridized carbons (Fsp3) is 0.316. The smallest absolute Gasteiger partial charge is 0.347 e. The van der Waals surface area contributed by atoms with Gasteiger partial charge >= 0.3 is 11.9 Å². The first-order chi connectivity index (χ1) is 13.5. The maximum atomic E-state index is 12.7. The van der Waals surface area contributed by atoms with E-state index in [2.05, 4.69) is 5.32 Å². The van der Waals surface area contributed by atoms with E-state index in [0.29, 0.717) is 11.5 Å². The predicted molar refractivity (Wildman–Crippen MR) is 101 cm³/mol. The van der Waals surface area contributed by atoms with Gasteiger partial charge in [-0.15, -0.1) is 11.3 Å². The molecule has 1 atom stereocenters. The van der Waals surface area contributed by atoms with Crippen LogP contribution in [0, 0.1) is 0 Å². The van der Waals surface area contributed by atoms with Gasteiger partial charge in [0.05, 0.1) is 38.5 Å². The summed E-state index contributed by atoms with van der Waals surface area (Å²) in [4.78, 5) is 37.5. The Bertz CT molecular complexity index is 879. The minimum absolute atomic E-state index is 0.0527. The summed E-state index contributed by atoms with van der Waals surface area (Å²) in [6.07, 6.45) is -0.511. The van der Waals surface area contributed by atoms with Crippen LogP contribution >= 0.6 is 11.3 Å². The molecule has 1 aliphatic rings. The van der Waals surface area contributed by atoms with E-state index in [9.17, 15) is 14.4 Å². The van der Waals surface area contributed by atoms with E-state index in [-0.39, 0.29) is 36.6 Å². The Hall–Kier alpha value is -3.07. The first-order valence-electron chi connectivity index (χ1n) is 8.47. The third-order valence-corrected chi connectivity index (χ3v) is 4.95. The van der Waals surface area contributed by atoms with Gasteiger partial charge in [-0.2, -0.15) is 0 Å². The Labute approximate surface area is 165 Å². The van der Waals surface area contributed by atoms with Crippen molar-refractivity contribution in [2.45, 2.75) is 18.9 Å². The quantitative estimate of drug-likeness (QED) is 0.706. The van der Waals surface area contributed by atoms with Crippen LogP contribution in [0.5, 0.6) is 11.5 Å². The Balaban J connectivity index is 1.86. The van der Waals surface area contributed by atoms with Crippen LogP contribution in [0.2, 0.25) is 0 Å². The number of hydrogen-bond acceptors (Lipinski definition) is 8. The third kappa shape index (κ3) is 4.42. The van der Waals surface area contributed by atoms with Crippen molar-refractivity contribution in [3.8, 4) is 11.5 Å². The maximum Gasteiger partial charge on any atom is 0.347 e. The van der Waals surface area contributed by atoms with E-state index < -0.39 is 18.0 Å². The second kappa shape index (κ2) is 8.75. The highest BCUT2D eigenvalue weighted by atomic mass is 32.1. The van der Waals surface area contributed by atoms with Crippen molar-refractivity contribution in [2.24, 2.45) is 0 Å². The molecule has 1 aromatic carbocycles. The molecule has 8 nitrogen and oxygen atoms in total. The van der Waals surface area contributed by atoms with Crippen molar-refractivity contribution in [3.63, 3.8) is 0 Å². The van der Waals surface area contributed by atoms with Gasteiger partial charge in [0, 0.05) is 23.4 Å². The van der Waals surface area contributed by atoms with Gasteiger partial charge < -0.3 is 24.3 Å². The highest BCUT2D eigenvalue weighted by Gasteiger charge is 2.32. The molecule has 2 aromatic rings. The molecule has 0 unspecified atom stereocenters. The minimum atomic E-state index is -0.963. The molecule has 3 rings (SSSR count). The van der Waals surface area contributed by atoms with Crippen LogP contribution in [0.25, 0.3) is 0 Å². The summed E-state index contributed by atoms with van der Waals surface area (Å²) in [5.41, 5.74) is 0.257. The van der Waals surface area contributed by atoms with Gasteiger partial charge in [-0.3, -0.25) is 4.79 Å². The SMILES string of the molecule is COc1cc(NC(=O)Cc2cccs2)c(C(=O)O[C@H]2CCOC2=O)cc1OC. The number of cyclic esters (lactones) is 1. The van der Waals surface area contributed by atoms with E-state index in [1.807, 2.05) is 17.5 Å². The van der Waals surface area contributed by atoms with Crippen LogP contribution < -0.4 is 14.8 Å². The molecule has 0 spiro atoms. The lowest BCUT2D eigenvalue weighted by molar-refractivity contribution is -0.145. The fourth-order valence-corrected chi connectivity index (χ4v) is 3.40. The molecule has 148 valence electrons. The van der Waals surface area contributed by atoms with E-state index in [4.69, 9.17) is 18.9 Å². The number of carbonyl (C=O) groups excluding carboxylic acids is 3. The molecule has 1 aliphatic heterocycles. The number of carbonyl (C=O) groups is 3. The molecule has 1 amide bonds. The predicted octanol–water partition coefficient (Wildman–Crippen LogP) is 2.42. The summed E-state index contributed by atoms with van der Waals surface area (Å²) < 4.78 is 20.5. The van der Waals surface area contributed by atoms with Gasteiger partial charge in [-0.25, -0.2) is 9.59 Å². The second-order valence-electron chi connectivity index (χ2n) is 5.91. The Kier molecular flexibility index (Phi) is 6.15. The highest BCUT2D eigenvalue weighted by molar-refractivity contribution is 7.10. The van der Waals surface area contributed by atoms with E-state index in [0.717, 1.165) is 4.88 Å². The molecule has 0 aliphatic carbocycles. The zero-order valence-electron chi connectivity index (χ0n) is 15.4. The number of benzene rings is 1. The summed E-state index contributed by atoms with van der Waals surface area (Å²) in [5, 5.41) is 4.58. The number of methoxy groups -OCH3 is 2. The molecule has 1 N–H and O–H groups in total. The molecule has 1 fully saturated rings. The number of amides is 1. The van der Waals surface area contributed by atoms with Crippen LogP contribution in [-0.2, 0) is 25.5 Å². The number of rotatable bonds is 7. The molecule has 1 saturated heterocycles. The number of nitrogens with one attached hydrogen (secondary N) is 1. The minimum Gasteiger partial charge on any atom is -0.493 e. The number of ether oxygens (including phenoxy) is 4. The van der Waals surface area contributed by atoms with Crippen molar-refractivity contribution < 1.29 is 33.3 Å². The molecule has 28 heavy (non-hydrogen) atoms. The van der Waals surface area contributed by atoms with Crippen LogP contribution in [-0.4, -0.2) is 44.8 Å². The largest absolute Gasteiger partial charge is 0.493 e. The lowest BCUT2D eigenvalue weighted by Gasteiger charge is -2.16. The van der Waals surface area contributed by atoms with Crippen molar-refractivity contribution in [2.75, 3.05) is 26.1 Å². The van der Waals surface area contributed by atoms with Crippen LogP contribution in [0.3, 0.4) is 0 Å². The topological polar surface area (TPSA) is 100 Å². The molecular formula is C19H19NO7S. The number of thiophene rings is 1. The number of anilines is 1. The van der Waals surface area contributed by atoms with Gasteiger partial charge in [0.2, 0.25) is 12.0 Å². The monoisotopic (exact) mass is 405 g/mol. The molecular weight excluding hydrogens is 386 g/mol. The Morgan fingerprint density at radius 3 is 2.61 bits per heavy atom.